The van der Waals surface area contributed by atoms with Gasteiger partial charge in [0.2, 0.25) is 0 Å². The summed E-state index contributed by atoms with van der Waals surface area (Å²) in [5.41, 5.74) is -0.898. The molecule has 0 amide bonds. The maximum absolute atomic E-state index is 11.6. The molecule has 0 aromatic heterocycles. The van der Waals surface area contributed by atoms with Gasteiger partial charge in [-0.25, -0.2) is 4.79 Å². The van der Waals surface area contributed by atoms with Crippen molar-refractivity contribution >= 4 is 17.5 Å². The molecule has 1 unspecified atom stereocenters. The number of carboxylic acid groups (broad SMARTS) is 1. The lowest BCUT2D eigenvalue weighted by Gasteiger charge is -2.17. The number of carbonyl (C=O) groups is 3. The van der Waals surface area contributed by atoms with Crippen LogP contribution in [0.1, 0.15) is 51.8 Å². The molecular weight excluding hydrogens is 280 g/mol. The smallest absolute Gasteiger partial charge is 0.335 e. The largest absolute Gasteiger partial charge is 0.871 e. The SMILES string of the molecule is CC(=O)c1ccc(C(=O)O)c([O-])c1C(C)=O.CC(O)CO. The molecular formula is C14H17O7-. The number of aliphatic hydroxyl groups is 2. The highest BCUT2D eigenvalue weighted by Crippen LogP contribution is 2.24. The van der Waals surface area contributed by atoms with Gasteiger partial charge < -0.3 is 20.4 Å². The van der Waals surface area contributed by atoms with Crippen molar-refractivity contribution in [3.63, 3.8) is 0 Å². The van der Waals surface area contributed by atoms with Crippen LogP contribution in [0.5, 0.6) is 5.75 Å². The Labute approximate surface area is 121 Å². The first-order valence-corrected chi connectivity index (χ1v) is 6.01. The third-order valence-corrected chi connectivity index (χ3v) is 2.38. The van der Waals surface area contributed by atoms with E-state index >= 15 is 0 Å². The van der Waals surface area contributed by atoms with E-state index < -0.39 is 35.0 Å². The van der Waals surface area contributed by atoms with E-state index in [2.05, 4.69) is 0 Å². The fourth-order valence-electron chi connectivity index (χ4n) is 1.39. The molecule has 3 N–H and O–H groups in total. The molecule has 0 bridgehead atoms. The van der Waals surface area contributed by atoms with E-state index in [1.165, 1.54) is 19.9 Å². The van der Waals surface area contributed by atoms with Crippen LogP contribution in [-0.4, -0.2) is 45.6 Å². The molecule has 0 saturated carbocycles. The summed E-state index contributed by atoms with van der Waals surface area (Å²) in [5.74, 6) is -3.38. The zero-order chi connectivity index (χ0) is 16.7. The predicted molar refractivity (Wildman–Crippen MR) is 71.6 cm³/mol. The molecule has 0 fully saturated rings. The number of carboxylic acids is 1. The summed E-state index contributed by atoms with van der Waals surface area (Å²) < 4.78 is 0. The van der Waals surface area contributed by atoms with Crippen LogP contribution in [0.3, 0.4) is 0 Å². The zero-order valence-electron chi connectivity index (χ0n) is 11.9. The fraction of sp³-hybridized carbons (Fsp3) is 0.357. The van der Waals surface area contributed by atoms with Crippen molar-refractivity contribution in [2.45, 2.75) is 26.9 Å². The van der Waals surface area contributed by atoms with Gasteiger partial charge in [-0.05, 0) is 32.9 Å². The molecule has 1 atom stereocenters. The summed E-state index contributed by atoms with van der Waals surface area (Å²) in [6.07, 6.45) is -0.560. The van der Waals surface area contributed by atoms with E-state index in [1.54, 1.807) is 0 Å². The number of ketones is 2. The van der Waals surface area contributed by atoms with Crippen LogP contribution in [0.4, 0.5) is 0 Å². The molecule has 0 spiro atoms. The Hall–Kier alpha value is -2.25. The fourth-order valence-corrected chi connectivity index (χ4v) is 1.39. The van der Waals surface area contributed by atoms with E-state index in [1.807, 2.05) is 0 Å². The third kappa shape index (κ3) is 5.33. The Morgan fingerprint density at radius 1 is 1.14 bits per heavy atom. The lowest BCUT2D eigenvalue weighted by atomic mass is 9.97. The Balaban J connectivity index is 0.000000690. The minimum Gasteiger partial charge on any atom is -0.871 e. The van der Waals surface area contributed by atoms with Crippen molar-refractivity contribution in [3.05, 3.63) is 28.8 Å². The quantitative estimate of drug-likeness (QED) is 0.676. The van der Waals surface area contributed by atoms with E-state index in [-0.39, 0.29) is 17.7 Å². The highest BCUT2D eigenvalue weighted by atomic mass is 16.4. The van der Waals surface area contributed by atoms with Crippen molar-refractivity contribution in [2.24, 2.45) is 0 Å². The topological polar surface area (TPSA) is 135 Å². The summed E-state index contributed by atoms with van der Waals surface area (Å²) in [6, 6.07) is 2.22. The monoisotopic (exact) mass is 297 g/mol. The lowest BCUT2D eigenvalue weighted by molar-refractivity contribution is -0.269. The molecule has 1 aromatic carbocycles. The van der Waals surface area contributed by atoms with Gasteiger partial charge in [-0.2, -0.15) is 0 Å². The van der Waals surface area contributed by atoms with Gasteiger partial charge in [0.25, 0.3) is 0 Å². The first-order chi connectivity index (χ1) is 9.63. The summed E-state index contributed by atoms with van der Waals surface area (Å²) in [6.45, 7) is 3.72. The van der Waals surface area contributed by atoms with E-state index in [0.717, 1.165) is 13.0 Å². The van der Waals surface area contributed by atoms with Crippen molar-refractivity contribution in [1.29, 1.82) is 0 Å². The van der Waals surface area contributed by atoms with Crippen LogP contribution in [-0.2, 0) is 0 Å². The number of carbonyl (C=O) groups excluding carboxylic acids is 2. The van der Waals surface area contributed by atoms with E-state index in [4.69, 9.17) is 15.3 Å². The highest BCUT2D eigenvalue weighted by molar-refractivity contribution is 6.11. The molecule has 116 valence electrons. The Morgan fingerprint density at radius 2 is 1.57 bits per heavy atom. The number of hydrogen-bond donors (Lipinski definition) is 3. The maximum Gasteiger partial charge on any atom is 0.335 e. The standard InChI is InChI=1S/C11H10O5.C3H8O2/c1-5(12)7-3-4-8(11(15)16)10(14)9(7)6(2)13;1-3(5)2-4/h3-4,14H,1-2H3,(H,15,16);3-5H,2H2,1H3/p-1. The average Bonchev–Trinajstić information content (AvgIpc) is 2.37. The van der Waals surface area contributed by atoms with E-state index in [0.29, 0.717) is 0 Å². The number of hydrogen-bond acceptors (Lipinski definition) is 6. The van der Waals surface area contributed by atoms with Gasteiger partial charge in [0.1, 0.15) is 0 Å². The Morgan fingerprint density at radius 3 is 1.86 bits per heavy atom. The summed E-state index contributed by atoms with van der Waals surface area (Å²) in [7, 11) is 0. The molecule has 21 heavy (non-hydrogen) atoms. The van der Waals surface area contributed by atoms with Gasteiger partial charge in [0.15, 0.2) is 11.6 Å². The summed E-state index contributed by atoms with van der Waals surface area (Å²) in [4.78, 5) is 33.1. The minimum atomic E-state index is -1.41. The predicted octanol–water partition coefficient (Wildman–Crippen LogP) is 0.223. The van der Waals surface area contributed by atoms with Gasteiger partial charge in [0, 0.05) is 11.1 Å². The summed E-state index contributed by atoms with van der Waals surface area (Å²) in [5, 5.41) is 36.3. The molecule has 1 aromatic rings. The van der Waals surface area contributed by atoms with Crippen molar-refractivity contribution in [2.75, 3.05) is 6.61 Å². The minimum absolute atomic E-state index is 0.0394. The molecule has 0 saturated heterocycles. The number of rotatable bonds is 4. The number of aliphatic hydroxyl groups excluding tert-OH is 2. The highest BCUT2D eigenvalue weighted by Gasteiger charge is 2.16. The second kappa shape index (κ2) is 8.13. The molecule has 0 heterocycles. The van der Waals surface area contributed by atoms with Crippen LogP contribution in [0.25, 0.3) is 0 Å². The van der Waals surface area contributed by atoms with Gasteiger partial charge in [-0.15, -0.1) is 0 Å². The van der Waals surface area contributed by atoms with Gasteiger partial charge in [-0.1, -0.05) is 5.75 Å². The number of aromatic carboxylic acids is 1. The number of Topliss-reactive ketones (excluding diaryl/α,β-unsaturated/α-hetero) is 2. The first-order valence-electron chi connectivity index (χ1n) is 6.01. The Bertz CT molecular complexity index is 546. The maximum atomic E-state index is 11.6. The zero-order valence-corrected chi connectivity index (χ0v) is 11.9. The van der Waals surface area contributed by atoms with Crippen LogP contribution in [0.15, 0.2) is 12.1 Å². The molecule has 7 nitrogen and oxygen atoms in total. The van der Waals surface area contributed by atoms with Crippen LogP contribution < -0.4 is 5.11 Å². The van der Waals surface area contributed by atoms with Crippen LogP contribution >= 0.6 is 0 Å². The van der Waals surface area contributed by atoms with E-state index in [9.17, 15) is 19.5 Å². The third-order valence-electron chi connectivity index (χ3n) is 2.38. The van der Waals surface area contributed by atoms with Crippen molar-refractivity contribution in [3.8, 4) is 5.75 Å². The van der Waals surface area contributed by atoms with Crippen molar-refractivity contribution in [1.82, 2.24) is 0 Å². The van der Waals surface area contributed by atoms with Crippen molar-refractivity contribution < 1.29 is 34.8 Å². The van der Waals surface area contributed by atoms with Crippen LogP contribution in [0, 0.1) is 0 Å². The second-order valence-corrected chi connectivity index (χ2v) is 4.31. The number of benzene rings is 1. The van der Waals surface area contributed by atoms with Gasteiger partial charge >= 0.3 is 5.97 Å². The first kappa shape index (κ1) is 18.8. The Kier molecular flexibility index (Phi) is 7.26. The molecule has 0 aliphatic heterocycles. The molecule has 7 heteroatoms. The molecule has 0 radical (unpaired) electrons. The van der Waals surface area contributed by atoms with Gasteiger partial charge in [-0.3, -0.25) is 9.59 Å². The molecule has 0 aliphatic carbocycles. The molecule has 0 aliphatic rings. The van der Waals surface area contributed by atoms with Crippen LogP contribution in [0.2, 0.25) is 0 Å². The lowest BCUT2D eigenvalue weighted by Crippen LogP contribution is -2.13. The summed E-state index contributed by atoms with van der Waals surface area (Å²) >= 11 is 0. The average molecular weight is 297 g/mol. The molecule has 1 rings (SSSR count). The normalized spacial score (nSPS) is 11.1. The second-order valence-electron chi connectivity index (χ2n) is 4.31. The van der Waals surface area contributed by atoms with Gasteiger partial charge in [0.05, 0.1) is 18.3 Å².